The third-order valence-corrected chi connectivity index (χ3v) is 3.59. The third-order valence-electron chi connectivity index (χ3n) is 3.36. The molecule has 1 atom stereocenters. The molecule has 1 aliphatic rings. The Morgan fingerprint density at radius 3 is 3.11 bits per heavy atom. The van der Waals surface area contributed by atoms with Gasteiger partial charge in [-0.05, 0) is 42.5 Å². The molecule has 1 amide bonds. The maximum Gasteiger partial charge on any atom is 0.246 e. The Kier molecular flexibility index (Phi) is 5.00. The Morgan fingerprint density at radius 1 is 1.53 bits per heavy atom. The molecule has 1 aliphatic heterocycles. The number of aliphatic hydroxyl groups is 1. The first-order chi connectivity index (χ1) is 9.19. The van der Waals surface area contributed by atoms with E-state index in [1.165, 1.54) is 0 Å². The molecule has 0 radical (unpaired) electrons. The van der Waals surface area contributed by atoms with Gasteiger partial charge in [0.25, 0.3) is 0 Å². The SMILES string of the molecule is O=C(/C=C/c1cccc(Cl)c1)N1CCCC(CO)C1. The lowest BCUT2D eigenvalue weighted by Gasteiger charge is -2.31. The summed E-state index contributed by atoms with van der Waals surface area (Å²) >= 11 is 5.89. The molecular formula is C15H18ClNO2. The first kappa shape index (κ1) is 14.1. The summed E-state index contributed by atoms with van der Waals surface area (Å²) in [4.78, 5) is 13.8. The molecule has 2 rings (SSSR count). The van der Waals surface area contributed by atoms with E-state index in [-0.39, 0.29) is 18.4 Å². The predicted molar refractivity (Wildman–Crippen MR) is 76.9 cm³/mol. The monoisotopic (exact) mass is 279 g/mol. The Morgan fingerprint density at radius 2 is 2.37 bits per heavy atom. The number of carbonyl (C=O) groups is 1. The molecule has 3 nitrogen and oxygen atoms in total. The number of piperidine rings is 1. The zero-order valence-corrected chi connectivity index (χ0v) is 11.5. The van der Waals surface area contributed by atoms with E-state index in [9.17, 15) is 4.79 Å². The molecule has 1 fully saturated rings. The van der Waals surface area contributed by atoms with Crippen molar-refractivity contribution in [2.75, 3.05) is 19.7 Å². The lowest BCUT2D eigenvalue weighted by molar-refractivity contribution is -0.127. The average Bonchev–Trinajstić information content (AvgIpc) is 2.45. The van der Waals surface area contributed by atoms with Crippen LogP contribution in [0.15, 0.2) is 30.3 Å². The maximum absolute atomic E-state index is 12.0. The fraction of sp³-hybridized carbons (Fsp3) is 0.400. The molecule has 0 spiro atoms. The lowest BCUT2D eigenvalue weighted by atomic mass is 9.99. The molecular weight excluding hydrogens is 262 g/mol. The van der Waals surface area contributed by atoms with Crippen molar-refractivity contribution < 1.29 is 9.90 Å². The summed E-state index contributed by atoms with van der Waals surface area (Å²) in [6.45, 7) is 1.58. The summed E-state index contributed by atoms with van der Waals surface area (Å²) in [5.41, 5.74) is 0.913. The maximum atomic E-state index is 12.0. The molecule has 19 heavy (non-hydrogen) atoms. The van der Waals surface area contributed by atoms with Crippen molar-refractivity contribution in [2.45, 2.75) is 12.8 Å². The van der Waals surface area contributed by atoms with Crippen LogP contribution in [0.1, 0.15) is 18.4 Å². The van der Waals surface area contributed by atoms with Gasteiger partial charge in [0.1, 0.15) is 0 Å². The highest BCUT2D eigenvalue weighted by Crippen LogP contribution is 2.17. The highest BCUT2D eigenvalue weighted by atomic mass is 35.5. The van der Waals surface area contributed by atoms with Crippen LogP contribution >= 0.6 is 11.6 Å². The number of likely N-dealkylation sites (tertiary alicyclic amines) is 1. The largest absolute Gasteiger partial charge is 0.396 e. The molecule has 0 aliphatic carbocycles. The van der Waals surface area contributed by atoms with Crippen LogP contribution < -0.4 is 0 Å². The quantitative estimate of drug-likeness (QED) is 0.864. The second-order valence-corrected chi connectivity index (χ2v) is 5.30. The van der Waals surface area contributed by atoms with Gasteiger partial charge in [-0.2, -0.15) is 0 Å². The van der Waals surface area contributed by atoms with Gasteiger partial charge >= 0.3 is 0 Å². The van der Waals surface area contributed by atoms with Crippen molar-refractivity contribution in [1.29, 1.82) is 0 Å². The van der Waals surface area contributed by atoms with Crippen LogP contribution in [0.2, 0.25) is 5.02 Å². The zero-order valence-electron chi connectivity index (χ0n) is 10.8. The summed E-state index contributed by atoms with van der Waals surface area (Å²) in [6.07, 6.45) is 5.31. The lowest BCUT2D eigenvalue weighted by Crippen LogP contribution is -2.40. The summed E-state index contributed by atoms with van der Waals surface area (Å²) < 4.78 is 0. The fourth-order valence-corrected chi connectivity index (χ4v) is 2.50. The van der Waals surface area contributed by atoms with Crippen molar-refractivity contribution in [3.8, 4) is 0 Å². The van der Waals surface area contributed by atoms with Gasteiger partial charge in [-0.1, -0.05) is 23.7 Å². The molecule has 1 heterocycles. The van der Waals surface area contributed by atoms with E-state index >= 15 is 0 Å². The number of carbonyl (C=O) groups excluding carboxylic acids is 1. The number of rotatable bonds is 3. The number of halogens is 1. The molecule has 1 unspecified atom stereocenters. The van der Waals surface area contributed by atoms with Crippen molar-refractivity contribution in [3.05, 3.63) is 40.9 Å². The molecule has 102 valence electrons. The predicted octanol–water partition coefficient (Wildman–Crippen LogP) is 2.58. The minimum atomic E-state index is -0.00174. The first-order valence-electron chi connectivity index (χ1n) is 6.52. The summed E-state index contributed by atoms with van der Waals surface area (Å²) in [5.74, 6) is 0.218. The number of benzene rings is 1. The summed E-state index contributed by atoms with van der Waals surface area (Å²) in [5, 5.41) is 9.82. The fourth-order valence-electron chi connectivity index (χ4n) is 2.30. The molecule has 1 N–H and O–H groups in total. The van der Waals surface area contributed by atoms with E-state index in [1.807, 2.05) is 18.2 Å². The number of nitrogens with zero attached hydrogens (tertiary/aromatic N) is 1. The van der Waals surface area contributed by atoms with Gasteiger partial charge < -0.3 is 10.0 Å². The van der Waals surface area contributed by atoms with E-state index < -0.39 is 0 Å². The second-order valence-electron chi connectivity index (χ2n) is 4.86. The van der Waals surface area contributed by atoms with Gasteiger partial charge in [0, 0.05) is 30.8 Å². The van der Waals surface area contributed by atoms with Gasteiger partial charge in [0.2, 0.25) is 5.91 Å². The van der Waals surface area contributed by atoms with E-state index in [1.54, 1.807) is 23.1 Å². The van der Waals surface area contributed by atoms with Crippen LogP contribution in [0.4, 0.5) is 0 Å². The third kappa shape index (κ3) is 4.08. The van der Waals surface area contributed by atoms with E-state index in [0.717, 1.165) is 24.9 Å². The van der Waals surface area contributed by atoms with Gasteiger partial charge in [-0.15, -0.1) is 0 Å². The number of aliphatic hydroxyl groups excluding tert-OH is 1. The smallest absolute Gasteiger partial charge is 0.246 e. The summed E-state index contributed by atoms with van der Waals surface area (Å²) in [6, 6.07) is 7.38. The Hall–Kier alpha value is -1.32. The van der Waals surface area contributed by atoms with Gasteiger partial charge in [-0.25, -0.2) is 0 Å². The van der Waals surface area contributed by atoms with Gasteiger partial charge in [0.15, 0.2) is 0 Å². The van der Waals surface area contributed by atoms with Crippen molar-refractivity contribution in [3.63, 3.8) is 0 Å². The van der Waals surface area contributed by atoms with Crippen LogP contribution in [0.3, 0.4) is 0 Å². The molecule has 0 aromatic heterocycles. The number of amides is 1. The van der Waals surface area contributed by atoms with Crippen molar-refractivity contribution >= 4 is 23.6 Å². The van der Waals surface area contributed by atoms with Crippen LogP contribution in [0, 0.1) is 5.92 Å². The van der Waals surface area contributed by atoms with Crippen LogP contribution in [0.25, 0.3) is 6.08 Å². The van der Waals surface area contributed by atoms with Gasteiger partial charge in [-0.3, -0.25) is 4.79 Å². The zero-order chi connectivity index (χ0) is 13.7. The number of hydrogen-bond donors (Lipinski definition) is 1. The minimum Gasteiger partial charge on any atom is -0.396 e. The highest BCUT2D eigenvalue weighted by Gasteiger charge is 2.21. The highest BCUT2D eigenvalue weighted by molar-refractivity contribution is 6.30. The number of hydrogen-bond acceptors (Lipinski definition) is 2. The van der Waals surface area contributed by atoms with Crippen LogP contribution in [0.5, 0.6) is 0 Å². The topological polar surface area (TPSA) is 40.5 Å². The molecule has 1 aromatic carbocycles. The molecule has 0 saturated carbocycles. The van der Waals surface area contributed by atoms with E-state index in [2.05, 4.69) is 0 Å². The first-order valence-corrected chi connectivity index (χ1v) is 6.90. The Bertz CT molecular complexity index is 473. The van der Waals surface area contributed by atoms with E-state index in [0.29, 0.717) is 11.6 Å². The van der Waals surface area contributed by atoms with Crippen molar-refractivity contribution in [1.82, 2.24) is 4.90 Å². The molecule has 1 aromatic rings. The molecule has 4 heteroatoms. The van der Waals surface area contributed by atoms with Crippen molar-refractivity contribution in [2.24, 2.45) is 5.92 Å². The summed E-state index contributed by atoms with van der Waals surface area (Å²) in [7, 11) is 0. The minimum absolute atomic E-state index is 0.00174. The van der Waals surface area contributed by atoms with Gasteiger partial charge in [0.05, 0.1) is 0 Å². The second kappa shape index (κ2) is 6.73. The van der Waals surface area contributed by atoms with Crippen LogP contribution in [-0.2, 0) is 4.79 Å². The Balaban J connectivity index is 1.96. The molecule has 1 saturated heterocycles. The standard InChI is InChI=1S/C15H18ClNO2/c16-14-5-1-3-12(9-14)6-7-15(19)17-8-2-4-13(10-17)11-18/h1,3,5-7,9,13,18H,2,4,8,10-11H2/b7-6+. The average molecular weight is 280 g/mol. The van der Waals surface area contributed by atoms with Crippen LogP contribution in [-0.4, -0.2) is 35.6 Å². The van der Waals surface area contributed by atoms with E-state index in [4.69, 9.17) is 16.7 Å². The molecule has 0 bridgehead atoms. The normalized spacial score (nSPS) is 19.9. The Labute approximate surface area is 118 Å².